The molecule has 4 aromatic rings. The average molecular weight is 413 g/mol. The van der Waals surface area contributed by atoms with Gasteiger partial charge < -0.3 is 10.6 Å². The number of carbonyl (C=O) groups is 1. The minimum absolute atomic E-state index is 0.207. The molecule has 3 aromatic carbocycles. The van der Waals surface area contributed by atoms with Gasteiger partial charge in [-0.3, -0.25) is 4.79 Å². The number of nitrogens with one attached hydrogen (secondary N) is 2. The minimum atomic E-state index is -0.299. The number of halogens is 1. The first kappa shape index (κ1) is 20.5. The molecule has 2 N–H and O–H groups in total. The predicted molar refractivity (Wildman–Crippen MR) is 123 cm³/mol. The second-order valence-electron chi connectivity index (χ2n) is 7.78. The number of carbonyl (C=O) groups excluding carboxylic acids is 1. The summed E-state index contributed by atoms with van der Waals surface area (Å²) >= 11 is 0. The van der Waals surface area contributed by atoms with Crippen LogP contribution in [0.4, 0.5) is 15.9 Å². The molecule has 0 aliphatic rings. The number of hydrogen-bond donors (Lipinski definition) is 2. The summed E-state index contributed by atoms with van der Waals surface area (Å²) in [5.74, 6) is 0.556. The van der Waals surface area contributed by atoms with E-state index in [2.05, 4.69) is 41.6 Å². The van der Waals surface area contributed by atoms with Crippen molar-refractivity contribution in [2.45, 2.75) is 26.3 Å². The zero-order chi connectivity index (χ0) is 21.8. The molecule has 0 bridgehead atoms. The van der Waals surface area contributed by atoms with Gasteiger partial charge in [-0.15, -0.1) is 0 Å². The van der Waals surface area contributed by atoms with E-state index in [-0.39, 0.29) is 11.7 Å². The van der Waals surface area contributed by atoms with E-state index in [4.69, 9.17) is 0 Å². The minimum Gasteiger partial charge on any atom is -0.348 e. The SMILES string of the molecule is CC(C)c1ccc(Nc2cc(C(=O)NCc3ccc(F)cc3)c3ccccc3n2)cc1. The maximum atomic E-state index is 13.1. The van der Waals surface area contributed by atoms with Crippen LogP contribution >= 0.6 is 0 Å². The van der Waals surface area contributed by atoms with Gasteiger partial charge in [-0.05, 0) is 53.4 Å². The Hall–Kier alpha value is -3.73. The van der Waals surface area contributed by atoms with Crippen LogP contribution < -0.4 is 10.6 Å². The summed E-state index contributed by atoms with van der Waals surface area (Å²) in [6, 6.07) is 23.6. The molecule has 0 unspecified atom stereocenters. The number of amides is 1. The highest BCUT2D eigenvalue weighted by Crippen LogP contribution is 2.24. The monoisotopic (exact) mass is 413 g/mol. The van der Waals surface area contributed by atoms with E-state index in [1.54, 1.807) is 18.2 Å². The number of anilines is 2. The van der Waals surface area contributed by atoms with Crippen LogP contribution in [0.15, 0.2) is 78.9 Å². The Kier molecular flexibility index (Phi) is 5.94. The van der Waals surface area contributed by atoms with E-state index in [1.165, 1.54) is 17.7 Å². The molecule has 31 heavy (non-hydrogen) atoms. The normalized spacial score (nSPS) is 11.0. The molecule has 0 saturated heterocycles. The van der Waals surface area contributed by atoms with Crippen molar-refractivity contribution in [3.8, 4) is 0 Å². The van der Waals surface area contributed by atoms with Crippen molar-refractivity contribution in [2.75, 3.05) is 5.32 Å². The van der Waals surface area contributed by atoms with Gasteiger partial charge >= 0.3 is 0 Å². The zero-order valence-electron chi connectivity index (χ0n) is 17.5. The maximum Gasteiger partial charge on any atom is 0.252 e. The lowest BCUT2D eigenvalue weighted by molar-refractivity contribution is 0.0952. The summed E-state index contributed by atoms with van der Waals surface area (Å²) in [4.78, 5) is 17.6. The molecule has 0 saturated carbocycles. The van der Waals surface area contributed by atoms with Gasteiger partial charge in [0.1, 0.15) is 11.6 Å². The van der Waals surface area contributed by atoms with Gasteiger partial charge in [0.05, 0.1) is 11.1 Å². The molecule has 4 rings (SSSR count). The van der Waals surface area contributed by atoms with Gasteiger partial charge in [0.15, 0.2) is 0 Å². The van der Waals surface area contributed by atoms with Gasteiger partial charge in [-0.1, -0.05) is 56.3 Å². The topological polar surface area (TPSA) is 54.0 Å². The molecule has 156 valence electrons. The predicted octanol–water partition coefficient (Wildman–Crippen LogP) is 6.17. The molecule has 0 aliphatic heterocycles. The number of pyridine rings is 1. The van der Waals surface area contributed by atoms with Crippen LogP contribution in [0, 0.1) is 5.82 Å². The summed E-state index contributed by atoms with van der Waals surface area (Å²) in [6.07, 6.45) is 0. The third-order valence-corrected chi connectivity index (χ3v) is 5.18. The Morgan fingerprint density at radius 2 is 1.68 bits per heavy atom. The van der Waals surface area contributed by atoms with Gasteiger partial charge in [0.2, 0.25) is 0 Å². The van der Waals surface area contributed by atoms with E-state index < -0.39 is 0 Å². The fraction of sp³-hybridized carbons (Fsp3) is 0.154. The molecule has 0 radical (unpaired) electrons. The van der Waals surface area contributed by atoms with Crippen LogP contribution in [-0.2, 0) is 6.54 Å². The molecule has 1 heterocycles. The summed E-state index contributed by atoms with van der Waals surface area (Å²) < 4.78 is 13.1. The van der Waals surface area contributed by atoms with E-state index in [0.29, 0.717) is 23.8 Å². The van der Waals surface area contributed by atoms with Crippen molar-refractivity contribution >= 4 is 28.3 Å². The Morgan fingerprint density at radius 3 is 2.39 bits per heavy atom. The van der Waals surface area contributed by atoms with Crippen LogP contribution in [-0.4, -0.2) is 10.9 Å². The summed E-state index contributed by atoms with van der Waals surface area (Å²) in [6.45, 7) is 4.63. The second kappa shape index (κ2) is 8.96. The van der Waals surface area contributed by atoms with Crippen molar-refractivity contribution in [3.63, 3.8) is 0 Å². The molecular weight excluding hydrogens is 389 g/mol. The van der Waals surface area contributed by atoms with Crippen LogP contribution in [0.1, 0.15) is 41.3 Å². The molecular formula is C26H24FN3O. The lowest BCUT2D eigenvalue weighted by Gasteiger charge is -2.13. The molecule has 0 spiro atoms. The van der Waals surface area contributed by atoms with Crippen LogP contribution in [0.3, 0.4) is 0 Å². The largest absolute Gasteiger partial charge is 0.348 e. The Morgan fingerprint density at radius 1 is 0.968 bits per heavy atom. The van der Waals surface area contributed by atoms with Crippen LogP contribution in [0.5, 0.6) is 0 Å². The fourth-order valence-corrected chi connectivity index (χ4v) is 3.41. The summed E-state index contributed by atoms with van der Waals surface area (Å²) in [5, 5.41) is 7.00. The quantitative estimate of drug-likeness (QED) is 0.397. The third-order valence-electron chi connectivity index (χ3n) is 5.18. The zero-order valence-corrected chi connectivity index (χ0v) is 17.5. The van der Waals surface area contributed by atoms with E-state index in [1.807, 2.05) is 36.4 Å². The smallest absolute Gasteiger partial charge is 0.252 e. The molecule has 0 aliphatic carbocycles. The van der Waals surface area contributed by atoms with Gasteiger partial charge in [0.25, 0.3) is 5.91 Å². The Bertz CT molecular complexity index is 1200. The van der Waals surface area contributed by atoms with Crippen molar-refractivity contribution in [1.82, 2.24) is 10.3 Å². The fourth-order valence-electron chi connectivity index (χ4n) is 3.41. The van der Waals surface area contributed by atoms with Crippen LogP contribution in [0.25, 0.3) is 10.9 Å². The first-order valence-electron chi connectivity index (χ1n) is 10.3. The number of hydrogen-bond acceptors (Lipinski definition) is 3. The molecule has 1 aromatic heterocycles. The van der Waals surface area contributed by atoms with Gasteiger partial charge in [-0.25, -0.2) is 9.37 Å². The van der Waals surface area contributed by atoms with Crippen molar-refractivity contribution in [1.29, 1.82) is 0 Å². The number of benzene rings is 3. The highest BCUT2D eigenvalue weighted by molar-refractivity contribution is 6.07. The lowest BCUT2D eigenvalue weighted by atomic mass is 10.0. The third kappa shape index (κ3) is 4.89. The lowest BCUT2D eigenvalue weighted by Crippen LogP contribution is -2.23. The second-order valence-corrected chi connectivity index (χ2v) is 7.78. The highest BCUT2D eigenvalue weighted by atomic mass is 19.1. The molecule has 4 nitrogen and oxygen atoms in total. The Labute approximate surface area is 181 Å². The number of para-hydroxylation sites is 1. The van der Waals surface area contributed by atoms with E-state index in [0.717, 1.165) is 22.2 Å². The Balaban J connectivity index is 1.59. The van der Waals surface area contributed by atoms with E-state index >= 15 is 0 Å². The van der Waals surface area contributed by atoms with Crippen molar-refractivity contribution < 1.29 is 9.18 Å². The molecule has 1 amide bonds. The van der Waals surface area contributed by atoms with Crippen LogP contribution in [0.2, 0.25) is 0 Å². The summed E-state index contributed by atoms with van der Waals surface area (Å²) in [5.41, 5.74) is 4.27. The van der Waals surface area contributed by atoms with Gasteiger partial charge in [-0.2, -0.15) is 0 Å². The number of aromatic nitrogens is 1. The molecule has 0 fully saturated rings. The first-order valence-corrected chi connectivity index (χ1v) is 10.3. The number of nitrogens with zero attached hydrogens (tertiary/aromatic N) is 1. The molecule has 0 atom stereocenters. The average Bonchev–Trinajstić information content (AvgIpc) is 2.78. The number of rotatable bonds is 6. The maximum absolute atomic E-state index is 13.1. The molecule has 5 heteroatoms. The van der Waals surface area contributed by atoms with Gasteiger partial charge in [0, 0.05) is 17.6 Å². The standard InChI is InChI=1S/C26H24FN3O/c1-17(2)19-9-13-21(14-10-19)29-25-15-23(22-5-3-4-6-24(22)30-25)26(31)28-16-18-7-11-20(27)12-8-18/h3-15,17H,16H2,1-2H3,(H,28,31)(H,29,30). The van der Waals surface area contributed by atoms with Crippen molar-refractivity contribution in [2.24, 2.45) is 0 Å². The van der Waals surface area contributed by atoms with E-state index in [9.17, 15) is 9.18 Å². The number of fused-ring (bicyclic) bond motifs is 1. The highest BCUT2D eigenvalue weighted by Gasteiger charge is 2.13. The summed E-state index contributed by atoms with van der Waals surface area (Å²) in [7, 11) is 0. The first-order chi connectivity index (χ1) is 15.0. The van der Waals surface area contributed by atoms with Crippen molar-refractivity contribution in [3.05, 3.63) is 101 Å².